The minimum atomic E-state index is -4.59. The van der Waals surface area contributed by atoms with E-state index in [1.54, 1.807) is 6.92 Å². The van der Waals surface area contributed by atoms with E-state index < -0.39 is 29.5 Å². The van der Waals surface area contributed by atoms with E-state index >= 15 is 0 Å². The van der Waals surface area contributed by atoms with Crippen molar-refractivity contribution in [2.24, 2.45) is 16.3 Å². The molecule has 0 saturated heterocycles. The summed E-state index contributed by atoms with van der Waals surface area (Å²) in [7, 11) is 0. The Hall–Kier alpha value is -2.45. The van der Waals surface area contributed by atoms with Gasteiger partial charge in [0.25, 0.3) is 0 Å². The van der Waals surface area contributed by atoms with Crippen molar-refractivity contribution >= 4 is 50.6 Å². The number of allylic oxidation sites excluding steroid dienone is 2. The third kappa shape index (κ3) is 5.23. The molecule has 2 atom stereocenters. The molecule has 1 unspecified atom stereocenters. The quantitative estimate of drug-likeness (QED) is 0.416. The summed E-state index contributed by atoms with van der Waals surface area (Å²) in [6, 6.07) is 10.1. The van der Waals surface area contributed by atoms with E-state index in [4.69, 9.17) is 11.6 Å². The van der Waals surface area contributed by atoms with E-state index in [0.717, 1.165) is 28.2 Å². The van der Waals surface area contributed by atoms with Crippen molar-refractivity contribution in [1.29, 1.82) is 0 Å². The molecule has 35 heavy (non-hydrogen) atoms. The lowest BCUT2D eigenvalue weighted by Crippen LogP contribution is -2.41. The number of amides is 1. The Morgan fingerprint density at radius 3 is 2.43 bits per heavy atom. The van der Waals surface area contributed by atoms with Crippen LogP contribution in [-0.4, -0.2) is 17.4 Å². The lowest BCUT2D eigenvalue weighted by Gasteiger charge is -2.39. The number of nitrogens with one attached hydrogen (secondary N) is 1. The van der Waals surface area contributed by atoms with E-state index in [0.29, 0.717) is 29.8 Å². The van der Waals surface area contributed by atoms with Gasteiger partial charge in [0.2, 0.25) is 5.91 Å². The number of aliphatic imine (C=N–C) groups is 1. The van der Waals surface area contributed by atoms with Gasteiger partial charge in [-0.25, -0.2) is 0 Å². The van der Waals surface area contributed by atoms with E-state index in [1.165, 1.54) is 0 Å². The van der Waals surface area contributed by atoms with Gasteiger partial charge in [-0.15, -0.1) is 0 Å². The summed E-state index contributed by atoms with van der Waals surface area (Å²) in [5.74, 6) is -2.17. The molecule has 1 aliphatic heterocycles. The largest absolute Gasteiger partial charge is 0.416 e. The SMILES string of the molecule is CC1=NC2=C(C(=O)CC(C)(C)C2)[C@@H](c2ccc(Br)cc2)C1C(=O)Nc1cc(C(F)(F)F)ccc1Cl. The van der Waals surface area contributed by atoms with Crippen LogP contribution in [0.2, 0.25) is 5.02 Å². The molecule has 1 aliphatic carbocycles. The Kier molecular flexibility index (Phi) is 6.74. The predicted molar refractivity (Wildman–Crippen MR) is 134 cm³/mol. The molecule has 1 N–H and O–H groups in total. The highest BCUT2D eigenvalue weighted by molar-refractivity contribution is 9.10. The Balaban J connectivity index is 1.78. The molecular formula is C26H23BrClF3N2O2. The molecule has 0 radical (unpaired) electrons. The number of Topliss-reactive ketones (excluding diaryl/α,β-unsaturated/α-hetero) is 1. The first-order valence-corrected chi connectivity index (χ1v) is 12.2. The highest BCUT2D eigenvalue weighted by Gasteiger charge is 2.45. The summed E-state index contributed by atoms with van der Waals surface area (Å²) in [4.78, 5) is 31.6. The maximum atomic E-state index is 13.6. The van der Waals surface area contributed by atoms with Crippen LogP contribution in [0, 0.1) is 11.3 Å². The number of benzene rings is 2. The second kappa shape index (κ2) is 9.21. The molecule has 4 nitrogen and oxygen atoms in total. The summed E-state index contributed by atoms with van der Waals surface area (Å²) in [5, 5.41) is 2.54. The molecule has 9 heteroatoms. The molecule has 0 fully saturated rings. The minimum absolute atomic E-state index is 0.0210. The second-order valence-corrected chi connectivity index (χ2v) is 11.1. The maximum absolute atomic E-state index is 13.6. The van der Waals surface area contributed by atoms with Gasteiger partial charge in [0.05, 0.1) is 22.2 Å². The Labute approximate surface area is 214 Å². The van der Waals surface area contributed by atoms with Gasteiger partial charge in [0, 0.05) is 33.8 Å². The zero-order valence-electron chi connectivity index (χ0n) is 19.3. The van der Waals surface area contributed by atoms with Crippen molar-refractivity contribution in [2.45, 2.75) is 45.7 Å². The summed E-state index contributed by atoms with van der Waals surface area (Å²) in [5.41, 5.74) is 1.06. The highest BCUT2D eigenvalue weighted by Crippen LogP contribution is 2.48. The second-order valence-electron chi connectivity index (χ2n) is 9.74. The molecule has 0 saturated carbocycles. The summed E-state index contributed by atoms with van der Waals surface area (Å²) >= 11 is 9.53. The Bertz CT molecular complexity index is 1270. The number of anilines is 1. The summed E-state index contributed by atoms with van der Waals surface area (Å²) in [6.45, 7) is 5.71. The topological polar surface area (TPSA) is 58.5 Å². The van der Waals surface area contributed by atoms with Gasteiger partial charge in [-0.3, -0.25) is 14.6 Å². The zero-order chi connectivity index (χ0) is 25.7. The molecule has 2 aromatic rings. The molecule has 4 rings (SSSR count). The van der Waals surface area contributed by atoms with Crippen LogP contribution in [0.4, 0.5) is 18.9 Å². The highest BCUT2D eigenvalue weighted by atomic mass is 79.9. The molecule has 0 bridgehead atoms. The number of alkyl halides is 3. The van der Waals surface area contributed by atoms with Crippen LogP contribution in [0.1, 0.15) is 50.7 Å². The van der Waals surface area contributed by atoms with Gasteiger partial charge < -0.3 is 5.32 Å². The van der Waals surface area contributed by atoms with Crippen molar-refractivity contribution in [3.63, 3.8) is 0 Å². The fourth-order valence-electron chi connectivity index (χ4n) is 4.82. The van der Waals surface area contributed by atoms with Gasteiger partial charge in [-0.05, 0) is 54.7 Å². The van der Waals surface area contributed by atoms with Crippen LogP contribution in [0.5, 0.6) is 0 Å². The molecule has 1 heterocycles. The minimum Gasteiger partial charge on any atom is -0.324 e. The lowest BCUT2D eigenvalue weighted by molar-refractivity contribution is -0.137. The first-order valence-electron chi connectivity index (χ1n) is 11.0. The Morgan fingerprint density at radius 1 is 1.14 bits per heavy atom. The summed E-state index contributed by atoms with van der Waals surface area (Å²) in [6.07, 6.45) is -3.68. The number of ketones is 1. The fourth-order valence-corrected chi connectivity index (χ4v) is 5.25. The average Bonchev–Trinajstić information content (AvgIpc) is 2.73. The van der Waals surface area contributed by atoms with Gasteiger partial charge in [-0.2, -0.15) is 13.2 Å². The number of nitrogens with zero attached hydrogens (tertiary/aromatic N) is 1. The number of carbonyl (C=O) groups excluding carboxylic acids is 2. The van der Waals surface area contributed by atoms with Crippen molar-refractivity contribution in [3.05, 3.63) is 74.4 Å². The zero-order valence-corrected chi connectivity index (χ0v) is 21.6. The molecule has 0 spiro atoms. The molecule has 0 aromatic heterocycles. The van der Waals surface area contributed by atoms with Gasteiger partial charge >= 0.3 is 6.18 Å². The van der Waals surface area contributed by atoms with Crippen LogP contribution in [-0.2, 0) is 15.8 Å². The standard InChI is InChI=1S/C26H23BrClF3N2O2/c1-13-21(24(35)33-18-10-15(26(29,30)31)6-9-17(18)28)22(14-4-7-16(27)8-5-14)23-19(32-13)11-25(2,3)12-20(23)34/h4-10,21-22H,11-12H2,1-3H3,(H,33,35)/t21?,22-/m0/s1. The number of hydrogen-bond acceptors (Lipinski definition) is 3. The fraction of sp³-hybridized carbons (Fsp3) is 0.346. The third-order valence-electron chi connectivity index (χ3n) is 6.37. The van der Waals surface area contributed by atoms with Gasteiger partial charge in [0.15, 0.2) is 5.78 Å². The van der Waals surface area contributed by atoms with E-state index in [-0.39, 0.29) is 21.9 Å². The van der Waals surface area contributed by atoms with Crippen molar-refractivity contribution in [1.82, 2.24) is 0 Å². The average molecular weight is 568 g/mol. The monoisotopic (exact) mass is 566 g/mol. The number of halogens is 5. The van der Waals surface area contributed by atoms with Crippen molar-refractivity contribution < 1.29 is 22.8 Å². The summed E-state index contributed by atoms with van der Waals surface area (Å²) < 4.78 is 40.6. The van der Waals surface area contributed by atoms with Gasteiger partial charge in [-0.1, -0.05) is 53.5 Å². The molecule has 2 aliphatic rings. The Morgan fingerprint density at radius 2 is 1.80 bits per heavy atom. The number of hydrogen-bond donors (Lipinski definition) is 1. The van der Waals surface area contributed by atoms with Crippen molar-refractivity contribution in [3.8, 4) is 0 Å². The third-order valence-corrected chi connectivity index (χ3v) is 7.22. The van der Waals surface area contributed by atoms with Crippen LogP contribution in [0.25, 0.3) is 0 Å². The lowest BCUT2D eigenvalue weighted by atomic mass is 9.66. The first kappa shape index (κ1) is 25.6. The van der Waals surface area contributed by atoms with E-state index in [9.17, 15) is 22.8 Å². The molecule has 2 aromatic carbocycles. The first-order chi connectivity index (χ1) is 16.3. The maximum Gasteiger partial charge on any atom is 0.416 e. The van der Waals surface area contributed by atoms with E-state index in [1.807, 2.05) is 38.1 Å². The smallest absolute Gasteiger partial charge is 0.324 e. The van der Waals surface area contributed by atoms with Gasteiger partial charge in [0.1, 0.15) is 0 Å². The normalized spacial score (nSPS) is 21.9. The van der Waals surface area contributed by atoms with Crippen LogP contribution in [0.15, 0.2) is 63.2 Å². The van der Waals surface area contributed by atoms with Crippen molar-refractivity contribution in [2.75, 3.05) is 5.32 Å². The number of carbonyl (C=O) groups is 2. The van der Waals surface area contributed by atoms with Crippen LogP contribution >= 0.6 is 27.5 Å². The van der Waals surface area contributed by atoms with E-state index in [2.05, 4.69) is 26.2 Å². The predicted octanol–water partition coefficient (Wildman–Crippen LogP) is 7.58. The van der Waals surface area contributed by atoms with Crippen LogP contribution < -0.4 is 5.32 Å². The number of rotatable bonds is 3. The van der Waals surface area contributed by atoms with Crippen LogP contribution in [0.3, 0.4) is 0 Å². The molecular weight excluding hydrogens is 545 g/mol. The molecule has 184 valence electrons. The molecule has 1 amide bonds.